The molecule has 2 N–H and O–H groups in total. The van der Waals surface area contributed by atoms with Crippen LogP contribution in [0.4, 0.5) is 10.7 Å². The van der Waals surface area contributed by atoms with Crippen LogP contribution in [0.25, 0.3) is 33.5 Å². The number of hydrogen-bond donors (Lipinski definition) is 2. The molecule has 1 amide bonds. The second kappa shape index (κ2) is 13.6. The molecule has 0 bridgehead atoms. The third-order valence-corrected chi connectivity index (χ3v) is 10.2. The average Bonchev–Trinajstić information content (AvgIpc) is 3.69. The lowest BCUT2D eigenvalue weighted by molar-refractivity contribution is 0.0406. The number of benzene rings is 2. The Morgan fingerprint density at radius 1 is 0.957 bits per heavy atom. The Kier molecular flexibility index (Phi) is 9.64. The molecule has 4 atom stereocenters. The van der Waals surface area contributed by atoms with Crippen molar-refractivity contribution >= 4 is 42.9 Å². The molecule has 4 aromatic rings. The summed E-state index contributed by atoms with van der Waals surface area (Å²) in [5, 5.41) is 6.98. The van der Waals surface area contributed by atoms with E-state index >= 15 is 0 Å². The Hall–Kier alpha value is -3.48. The van der Waals surface area contributed by atoms with Crippen molar-refractivity contribution in [1.29, 1.82) is 0 Å². The van der Waals surface area contributed by atoms with Gasteiger partial charge < -0.3 is 29.6 Å². The van der Waals surface area contributed by atoms with Gasteiger partial charge in [0.15, 0.2) is 5.65 Å². The summed E-state index contributed by atoms with van der Waals surface area (Å²) in [5.41, 5.74) is 4.56. The molecular weight excluding hydrogens is 634 g/mol. The molecule has 0 unspecified atom stereocenters. The maximum absolute atomic E-state index is 12.4. The fourth-order valence-electron chi connectivity index (χ4n) is 5.83. The molecule has 10 nitrogen and oxygen atoms in total. The monoisotopic (exact) mass is 677 g/mol. The first-order chi connectivity index (χ1) is 22.3. The number of carbonyl (C=O) groups is 1. The molecule has 2 aliphatic rings. The number of fused-ring (bicyclic) bond motifs is 2. The van der Waals surface area contributed by atoms with Crippen LogP contribution in [0.3, 0.4) is 0 Å². The number of alkyl carbamates (subject to hydrolysis) is 1. The summed E-state index contributed by atoms with van der Waals surface area (Å²) >= 11 is 6.89. The van der Waals surface area contributed by atoms with Crippen molar-refractivity contribution in [3.05, 3.63) is 65.7 Å². The molecule has 2 aliphatic heterocycles. The Morgan fingerprint density at radius 2 is 1.60 bits per heavy atom. The molecule has 4 heterocycles. The molecule has 2 aromatic heterocycles. The predicted molar refractivity (Wildman–Crippen MR) is 188 cm³/mol. The number of ether oxygens (including phenoxy) is 4. The van der Waals surface area contributed by atoms with Crippen LogP contribution >= 0.6 is 11.6 Å². The van der Waals surface area contributed by atoms with Crippen molar-refractivity contribution in [3.8, 4) is 22.4 Å². The minimum absolute atomic E-state index is 0.205. The lowest BCUT2D eigenvalue weighted by Crippen LogP contribution is -2.46. The molecule has 12 heteroatoms. The topological polar surface area (TPSA) is 109 Å². The van der Waals surface area contributed by atoms with Crippen LogP contribution in [-0.2, 0) is 25.7 Å². The van der Waals surface area contributed by atoms with Crippen LogP contribution in [-0.4, -0.2) is 78.4 Å². The van der Waals surface area contributed by atoms with E-state index in [0.717, 1.165) is 28.3 Å². The third-order valence-electron chi connectivity index (χ3n) is 8.25. The van der Waals surface area contributed by atoms with Crippen molar-refractivity contribution in [2.24, 2.45) is 0 Å². The molecule has 2 fully saturated rings. The fourth-order valence-corrected chi connectivity index (χ4v) is 6.84. The standard InChI is InChI=1S/C35H44ClN5O5Si/c1-35(2,3)46-34(42)38-27-20-45-30-26(19-44-31(27)30)37-33-40-32-28(41(33)21-43-16-17-47(4,5)6)18-25(36)29(39-32)24-14-12-23(13-15-24)22-10-8-7-9-11-22/h7-15,18,26-27,30-31H,16-17,19-21H2,1-6H3,(H,38,42)(H,37,39,40)/t26-,27+,30+,31+/m0/s1. The average molecular weight is 678 g/mol. The van der Waals surface area contributed by atoms with Gasteiger partial charge in [-0.15, -0.1) is 0 Å². The van der Waals surface area contributed by atoms with Crippen LogP contribution in [0.2, 0.25) is 30.7 Å². The van der Waals surface area contributed by atoms with E-state index < -0.39 is 19.8 Å². The van der Waals surface area contributed by atoms with E-state index in [1.807, 2.05) is 61.7 Å². The van der Waals surface area contributed by atoms with Gasteiger partial charge >= 0.3 is 6.09 Å². The second-order valence-electron chi connectivity index (χ2n) is 14.4. The van der Waals surface area contributed by atoms with E-state index in [1.165, 1.54) is 0 Å². The number of nitrogens with zero attached hydrogens (tertiary/aromatic N) is 3. The second-order valence-corrected chi connectivity index (χ2v) is 20.4. The highest BCUT2D eigenvalue weighted by atomic mass is 35.5. The molecule has 0 aliphatic carbocycles. The smallest absolute Gasteiger partial charge is 0.408 e. The summed E-state index contributed by atoms with van der Waals surface area (Å²) in [7, 11) is -1.27. The predicted octanol–water partition coefficient (Wildman–Crippen LogP) is 7.20. The van der Waals surface area contributed by atoms with E-state index in [0.29, 0.717) is 42.1 Å². The number of aromatic nitrogens is 3. The van der Waals surface area contributed by atoms with Crippen LogP contribution in [0.1, 0.15) is 20.8 Å². The van der Waals surface area contributed by atoms with Crippen LogP contribution in [0.5, 0.6) is 0 Å². The molecule has 0 saturated carbocycles. The third kappa shape index (κ3) is 7.98. The van der Waals surface area contributed by atoms with Crippen LogP contribution in [0.15, 0.2) is 60.7 Å². The highest BCUT2D eigenvalue weighted by molar-refractivity contribution is 6.76. The van der Waals surface area contributed by atoms with Crippen molar-refractivity contribution in [2.75, 3.05) is 25.1 Å². The van der Waals surface area contributed by atoms with Gasteiger partial charge in [0.05, 0.1) is 41.5 Å². The highest BCUT2D eigenvalue weighted by Gasteiger charge is 2.49. The van der Waals surface area contributed by atoms with Gasteiger partial charge in [-0.3, -0.25) is 4.57 Å². The van der Waals surface area contributed by atoms with Gasteiger partial charge in [0.1, 0.15) is 24.5 Å². The van der Waals surface area contributed by atoms with Crippen molar-refractivity contribution in [3.63, 3.8) is 0 Å². The summed E-state index contributed by atoms with van der Waals surface area (Å²) in [6.07, 6.45) is -1.09. The van der Waals surface area contributed by atoms with E-state index in [-0.39, 0.29) is 31.0 Å². The molecule has 250 valence electrons. The SMILES string of the molecule is CC(C)(C)OC(=O)N[C@@H]1CO[C@H]2[C@@H]1OC[C@@H]2Nc1nc2nc(-c3ccc(-c4ccccc4)cc3)c(Cl)cc2n1COCC[Si](C)(C)C. The quantitative estimate of drug-likeness (QED) is 0.134. The molecule has 6 rings (SSSR count). The number of pyridine rings is 1. The van der Waals surface area contributed by atoms with Crippen molar-refractivity contribution in [2.45, 2.75) is 83.1 Å². The zero-order valence-corrected chi connectivity index (χ0v) is 29.6. The lowest BCUT2D eigenvalue weighted by atomic mass is 10.0. The number of anilines is 1. The fraction of sp³-hybridized carbons (Fsp3) is 0.457. The summed E-state index contributed by atoms with van der Waals surface area (Å²) in [6, 6.07) is 20.9. The van der Waals surface area contributed by atoms with Crippen LogP contribution in [0, 0.1) is 0 Å². The maximum Gasteiger partial charge on any atom is 0.408 e. The molecule has 47 heavy (non-hydrogen) atoms. The van der Waals surface area contributed by atoms with Gasteiger partial charge in [-0.2, -0.15) is 4.98 Å². The summed E-state index contributed by atoms with van der Waals surface area (Å²) in [5.74, 6) is 0.592. The Morgan fingerprint density at radius 3 is 2.28 bits per heavy atom. The zero-order valence-electron chi connectivity index (χ0n) is 27.9. The molecule has 2 aromatic carbocycles. The Bertz CT molecular complexity index is 1700. The van der Waals surface area contributed by atoms with E-state index in [2.05, 4.69) is 54.5 Å². The minimum Gasteiger partial charge on any atom is -0.444 e. The van der Waals surface area contributed by atoms with E-state index in [1.54, 1.807) is 0 Å². The number of hydrogen-bond acceptors (Lipinski definition) is 8. The normalized spacial score (nSPS) is 21.2. The Labute approximate surface area is 282 Å². The van der Waals surface area contributed by atoms with Gasteiger partial charge in [-0.1, -0.05) is 85.8 Å². The Balaban J connectivity index is 1.24. The molecular formula is C35H44ClN5O5Si. The number of carbonyl (C=O) groups excluding carboxylic acids is 1. The maximum atomic E-state index is 12.4. The van der Waals surface area contributed by atoms with Gasteiger partial charge in [-0.05, 0) is 44.0 Å². The van der Waals surface area contributed by atoms with Crippen molar-refractivity contribution < 1.29 is 23.7 Å². The number of rotatable bonds is 10. The first-order valence-electron chi connectivity index (χ1n) is 16.1. The summed E-state index contributed by atoms with van der Waals surface area (Å²) in [4.78, 5) is 22.3. The zero-order chi connectivity index (χ0) is 33.3. The highest BCUT2D eigenvalue weighted by Crippen LogP contribution is 2.34. The minimum atomic E-state index is -1.27. The summed E-state index contributed by atoms with van der Waals surface area (Å²) < 4.78 is 25.9. The molecule has 0 spiro atoms. The first-order valence-corrected chi connectivity index (χ1v) is 20.2. The number of halogens is 1. The van der Waals surface area contributed by atoms with Crippen molar-refractivity contribution in [1.82, 2.24) is 19.9 Å². The number of nitrogens with one attached hydrogen (secondary N) is 2. The lowest BCUT2D eigenvalue weighted by Gasteiger charge is -2.23. The van der Waals surface area contributed by atoms with Gasteiger partial charge in [0.2, 0.25) is 5.95 Å². The van der Waals surface area contributed by atoms with Gasteiger partial charge in [0.25, 0.3) is 0 Å². The molecule has 0 radical (unpaired) electrons. The number of amides is 1. The largest absolute Gasteiger partial charge is 0.444 e. The number of imidazole rings is 1. The first kappa shape index (κ1) is 33.4. The van der Waals surface area contributed by atoms with Gasteiger partial charge in [0, 0.05) is 20.2 Å². The molecule has 2 saturated heterocycles. The van der Waals surface area contributed by atoms with E-state index in [4.69, 9.17) is 40.5 Å². The van der Waals surface area contributed by atoms with Gasteiger partial charge in [-0.25, -0.2) is 9.78 Å². The van der Waals surface area contributed by atoms with E-state index in [9.17, 15) is 4.79 Å². The summed E-state index contributed by atoms with van der Waals surface area (Å²) in [6.45, 7) is 14.1. The van der Waals surface area contributed by atoms with Crippen LogP contribution < -0.4 is 10.6 Å².